The van der Waals surface area contributed by atoms with E-state index in [-0.39, 0.29) is 18.9 Å². The van der Waals surface area contributed by atoms with Crippen LogP contribution in [0.4, 0.5) is 0 Å². The van der Waals surface area contributed by atoms with E-state index in [0.717, 1.165) is 0 Å². The number of rotatable bonds is 9. The third-order valence-corrected chi connectivity index (χ3v) is 5.09. The average molecular weight is 442 g/mol. The zero-order chi connectivity index (χ0) is 22.2. The van der Waals surface area contributed by atoms with Crippen LogP contribution < -0.4 is 20.1 Å². The lowest BCUT2D eigenvalue weighted by molar-refractivity contribution is -0.141. The second-order valence-electron chi connectivity index (χ2n) is 6.64. The number of hydrogen-bond acceptors (Lipinski definition) is 6. The summed E-state index contributed by atoms with van der Waals surface area (Å²) >= 11 is 1.48. The van der Waals surface area contributed by atoms with Crippen molar-refractivity contribution in [1.82, 2.24) is 10.6 Å². The standard InChI is InChI=1S/C22H22N2O6S/c1-31-10-9-16(22(27)28)23-21(26)17(24-20(25)15-5-3-2-4-6-15)11-14-7-8-18-19(12-14)30-13-29-18/h2-8,11-12,16H,9-10,13H2,1H3,(H,23,26)(H,24,25)(H,27,28)/b17-11+/t16-/m1/s1. The molecule has 2 amide bonds. The smallest absolute Gasteiger partial charge is 0.326 e. The molecule has 0 bridgehead atoms. The number of carboxylic acid groups (broad SMARTS) is 1. The van der Waals surface area contributed by atoms with Gasteiger partial charge in [-0.2, -0.15) is 11.8 Å². The number of carboxylic acids is 1. The normalized spacial score (nSPS) is 13.4. The number of benzene rings is 2. The number of fused-ring (bicyclic) bond motifs is 1. The fourth-order valence-electron chi connectivity index (χ4n) is 2.84. The Morgan fingerprint density at radius 3 is 2.58 bits per heavy atom. The summed E-state index contributed by atoms with van der Waals surface area (Å²) < 4.78 is 10.6. The molecule has 162 valence electrons. The molecule has 8 nitrogen and oxygen atoms in total. The van der Waals surface area contributed by atoms with Gasteiger partial charge in [0.2, 0.25) is 6.79 Å². The molecule has 1 atom stereocenters. The molecule has 0 radical (unpaired) electrons. The Labute approximate surface area is 183 Å². The van der Waals surface area contributed by atoms with Gasteiger partial charge in [-0.25, -0.2) is 4.79 Å². The van der Waals surface area contributed by atoms with Gasteiger partial charge < -0.3 is 25.2 Å². The highest BCUT2D eigenvalue weighted by Crippen LogP contribution is 2.33. The number of nitrogens with one attached hydrogen (secondary N) is 2. The van der Waals surface area contributed by atoms with Crippen LogP contribution in [0, 0.1) is 0 Å². The van der Waals surface area contributed by atoms with Crippen LogP contribution in [0.5, 0.6) is 11.5 Å². The molecule has 0 saturated heterocycles. The summed E-state index contributed by atoms with van der Waals surface area (Å²) in [5.74, 6) is -0.659. The molecule has 1 aliphatic rings. The van der Waals surface area contributed by atoms with Gasteiger partial charge in [0.1, 0.15) is 11.7 Å². The number of carbonyl (C=O) groups is 3. The molecule has 0 aromatic heterocycles. The number of carbonyl (C=O) groups excluding carboxylic acids is 2. The van der Waals surface area contributed by atoms with Gasteiger partial charge in [-0.15, -0.1) is 0 Å². The van der Waals surface area contributed by atoms with Crippen molar-refractivity contribution in [2.24, 2.45) is 0 Å². The molecule has 0 unspecified atom stereocenters. The zero-order valence-electron chi connectivity index (χ0n) is 16.8. The summed E-state index contributed by atoms with van der Waals surface area (Å²) in [6, 6.07) is 12.4. The minimum Gasteiger partial charge on any atom is -0.480 e. The van der Waals surface area contributed by atoms with Crippen molar-refractivity contribution in [3.05, 3.63) is 65.4 Å². The average Bonchev–Trinajstić information content (AvgIpc) is 3.24. The third-order valence-electron chi connectivity index (χ3n) is 4.45. The number of ether oxygens (including phenoxy) is 2. The van der Waals surface area contributed by atoms with E-state index >= 15 is 0 Å². The van der Waals surface area contributed by atoms with Crippen molar-refractivity contribution in [1.29, 1.82) is 0 Å². The molecule has 2 aromatic rings. The van der Waals surface area contributed by atoms with E-state index < -0.39 is 23.8 Å². The minimum absolute atomic E-state index is 0.0804. The molecule has 1 heterocycles. The van der Waals surface area contributed by atoms with E-state index in [2.05, 4.69) is 10.6 Å². The first-order valence-corrected chi connectivity index (χ1v) is 10.9. The van der Waals surface area contributed by atoms with Crippen molar-refractivity contribution in [2.75, 3.05) is 18.8 Å². The monoisotopic (exact) mass is 442 g/mol. The van der Waals surface area contributed by atoms with Crippen molar-refractivity contribution < 1.29 is 29.0 Å². The van der Waals surface area contributed by atoms with Gasteiger partial charge in [0.15, 0.2) is 11.5 Å². The topological polar surface area (TPSA) is 114 Å². The Morgan fingerprint density at radius 2 is 1.87 bits per heavy atom. The maximum absolute atomic E-state index is 12.9. The molecule has 0 saturated carbocycles. The van der Waals surface area contributed by atoms with Gasteiger partial charge in [-0.1, -0.05) is 24.3 Å². The number of amides is 2. The van der Waals surface area contributed by atoms with Crippen LogP contribution in [0.15, 0.2) is 54.2 Å². The fourth-order valence-corrected chi connectivity index (χ4v) is 3.31. The third kappa shape index (κ3) is 6.02. The van der Waals surface area contributed by atoms with Crippen LogP contribution >= 0.6 is 11.8 Å². The molecular weight excluding hydrogens is 420 g/mol. The van der Waals surface area contributed by atoms with Crippen LogP contribution in [0.2, 0.25) is 0 Å². The van der Waals surface area contributed by atoms with Gasteiger partial charge in [-0.05, 0) is 54.3 Å². The molecule has 2 aromatic carbocycles. The highest BCUT2D eigenvalue weighted by Gasteiger charge is 2.23. The van der Waals surface area contributed by atoms with Gasteiger partial charge in [0.25, 0.3) is 11.8 Å². The van der Waals surface area contributed by atoms with Gasteiger partial charge >= 0.3 is 5.97 Å². The lowest BCUT2D eigenvalue weighted by atomic mass is 10.1. The quantitative estimate of drug-likeness (QED) is 0.511. The highest BCUT2D eigenvalue weighted by atomic mass is 32.2. The van der Waals surface area contributed by atoms with Crippen molar-refractivity contribution >= 4 is 35.6 Å². The Morgan fingerprint density at radius 1 is 1.13 bits per heavy atom. The summed E-state index contributed by atoms with van der Waals surface area (Å²) in [5.41, 5.74) is 0.867. The van der Waals surface area contributed by atoms with Gasteiger partial charge in [-0.3, -0.25) is 9.59 Å². The summed E-state index contributed by atoms with van der Waals surface area (Å²) in [7, 11) is 0. The van der Waals surface area contributed by atoms with Gasteiger partial charge in [0, 0.05) is 5.56 Å². The summed E-state index contributed by atoms with van der Waals surface area (Å²) in [6.45, 7) is 0.107. The van der Waals surface area contributed by atoms with E-state index in [1.807, 2.05) is 6.26 Å². The first kappa shape index (κ1) is 22.2. The highest BCUT2D eigenvalue weighted by molar-refractivity contribution is 7.98. The van der Waals surface area contributed by atoms with E-state index in [4.69, 9.17) is 9.47 Å². The van der Waals surface area contributed by atoms with Crippen LogP contribution in [0.1, 0.15) is 22.3 Å². The second-order valence-corrected chi connectivity index (χ2v) is 7.62. The van der Waals surface area contributed by atoms with Crippen LogP contribution in [-0.2, 0) is 9.59 Å². The molecule has 0 spiro atoms. The minimum atomic E-state index is -1.14. The van der Waals surface area contributed by atoms with Gasteiger partial charge in [0.05, 0.1) is 0 Å². The maximum Gasteiger partial charge on any atom is 0.326 e. The van der Waals surface area contributed by atoms with Crippen molar-refractivity contribution in [3.8, 4) is 11.5 Å². The first-order valence-electron chi connectivity index (χ1n) is 9.48. The predicted octanol–water partition coefficient (Wildman–Crippen LogP) is 2.51. The largest absolute Gasteiger partial charge is 0.480 e. The Bertz CT molecular complexity index is 993. The molecule has 31 heavy (non-hydrogen) atoms. The number of thioether (sulfide) groups is 1. The molecule has 0 aliphatic carbocycles. The van der Waals surface area contributed by atoms with Crippen molar-refractivity contribution in [3.63, 3.8) is 0 Å². The van der Waals surface area contributed by atoms with Crippen LogP contribution in [-0.4, -0.2) is 47.7 Å². The lowest BCUT2D eigenvalue weighted by Crippen LogP contribution is -2.44. The van der Waals surface area contributed by atoms with E-state index in [1.54, 1.807) is 48.5 Å². The Balaban J connectivity index is 1.86. The SMILES string of the molecule is CSCC[C@@H](NC(=O)/C(=C\c1ccc2c(c1)OCO2)NC(=O)c1ccccc1)C(=O)O. The van der Waals surface area contributed by atoms with E-state index in [0.29, 0.717) is 28.4 Å². The Hall–Kier alpha value is -3.46. The van der Waals surface area contributed by atoms with Crippen LogP contribution in [0.25, 0.3) is 6.08 Å². The van der Waals surface area contributed by atoms with E-state index in [9.17, 15) is 19.5 Å². The predicted molar refractivity (Wildman–Crippen MR) is 117 cm³/mol. The summed E-state index contributed by atoms with van der Waals surface area (Å²) in [6.07, 6.45) is 3.57. The molecule has 9 heteroatoms. The molecule has 3 rings (SSSR count). The molecule has 3 N–H and O–H groups in total. The molecule has 1 aliphatic heterocycles. The first-order chi connectivity index (χ1) is 15.0. The number of aliphatic carboxylic acids is 1. The Kier molecular flexibility index (Phi) is 7.55. The summed E-state index contributed by atoms with van der Waals surface area (Å²) in [5, 5.41) is 14.5. The fraction of sp³-hybridized carbons (Fsp3) is 0.227. The van der Waals surface area contributed by atoms with Crippen molar-refractivity contribution in [2.45, 2.75) is 12.5 Å². The second kappa shape index (κ2) is 10.5. The molecular formula is C22H22N2O6S. The van der Waals surface area contributed by atoms with Crippen LogP contribution in [0.3, 0.4) is 0 Å². The summed E-state index contributed by atoms with van der Waals surface area (Å²) in [4.78, 5) is 37.1. The molecule has 0 fully saturated rings. The maximum atomic E-state index is 12.9. The van der Waals surface area contributed by atoms with E-state index in [1.165, 1.54) is 17.8 Å². The number of hydrogen-bond donors (Lipinski definition) is 3. The lowest BCUT2D eigenvalue weighted by Gasteiger charge is -2.16. The zero-order valence-corrected chi connectivity index (χ0v) is 17.6.